The van der Waals surface area contributed by atoms with Gasteiger partial charge in [-0.2, -0.15) is 0 Å². The highest BCUT2D eigenvalue weighted by molar-refractivity contribution is 7.89. The van der Waals surface area contributed by atoms with Crippen molar-refractivity contribution in [3.05, 3.63) is 59.3 Å². The van der Waals surface area contributed by atoms with E-state index in [-0.39, 0.29) is 11.7 Å². The summed E-state index contributed by atoms with van der Waals surface area (Å²) in [7, 11) is -3.16. The highest BCUT2D eigenvalue weighted by atomic mass is 32.2. The van der Waals surface area contributed by atoms with E-state index < -0.39 is 15.9 Å². The summed E-state index contributed by atoms with van der Waals surface area (Å²) in [5, 5.41) is 0.987. The number of nitrogens with two attached hydrogens (primary N) is 1. The van der Waals surface area contributed by atoms with Gasteiger partial charge in [0, 0.05) is 24.7 Å². The quantitative estimate of drug-likeness (QED) is 0.477. The van der Waals surface area contributed by atoms with Gasteiger partial charge in [-0.15, -0.1) is 0 Å². The number of carbonyl (C=O) groups excluding carboxylic acids is 1. The lowest BCUT2D eigenvalue weighted by molar-refractivity contribution is 0.100. The van der Waals surface area contributed by atoms with E-state index in [1.54, 1.807) is 11.2 Å². The molecule has 2 aromatic carbocycles. The fourth-order valence-electron chi connectivity index (χ4n) is 4.64. The van der Waals surface area contributed by atoms with Gasteiger partial charge in [-0.3, -0.25) is 4.79 Å². The van der Waals surface area contributed by atoms with Gasteiger partial charge in [0.15, 0.2) is 0 Å². The number of sulfonamides is 1. The number of rotatable bonds is 6. The molecular formula is C27H37N3O3S. The van der Waals surface area contributed by atoms with Crippen molar-refractivity contribution in [2.24, 2.45) is 5.73 Å². The Balaban J connectivity index is 0.00000158. The van der Waals surface area contributed by atoms with Crippen LogP contribution in [0.2, 0.25) is 0 Å². The summed E-state index contributed by atoms with van der Waals surface area (Å²) in [4.78, 5) is 15.5. The van der Waals surface area contributed by atoms with Crippen LogP contribution in [-0.2, 0) is 10.0 Å². The summed E-state index contributed by atoms with van der Waals surface area (Å²) in [6.07, 6.45) is 3.47. The van der Waals surface area contributed by atoms with Crippen molar-refractivity contribution in [2.75, 3.05) is 18.8 Å². The molecule has 0 spiro atoms. The van der Waals surface area contributed by atoms with Crippen molar-refractivity contribution < 1.29 is 13.2 Å². The topological polar surface area (TPSA) is 96.3 Å². The third kappa shape index (κ3) is 5.20. The molecule has 0 atom stereocenters. The zero-order chi connectivity index (χ0) is 25.0. The summed E-state index contributed by atoms with van der Waals surface area (Å²) < 4.78 is 26.0. The van der Waals surface area contributed by atoms with Crippen molar-refractivity contribution in [1.29, 1.82) is 0 Å². The maximum absolute atomic E-state index is 12.2. The van der Waals surface area contributed by atoms with Crippen LogP contribution >= 0.6 is 0 Å². The van der Waals surface area contributed by atoms with Crippen LogP contribution in [-0.4, -0.2) is 42.5 Å². The Morgan fingerprint density at radius 3 is 2.24 bits per heavy atom. The van der Waals surface area contributed by atoms with Gasteiger partial charge in [-0.25, -0.2) is 12.7 Å². The number of carbonyl (C=O) groups is 1. The van der Waals surface area contributed by atoms with Crippen LogP contribution in [0.1, 0.15) is 80.8 Å². The van der Waals surface area contributed by atoms with Crippen molar-refractivity contribution >= 4 is 26.8 Å². The average molecular weight is 484 g/mol. The fourth-order valence-corrected chi connectivity index (χ4v) is 5.77. The molecule has 1 aliphatic heterocycles. The minimum atomic E-state index is -3.16. The zero-order valence-electron chi connectivity index (χ0n) is 20.9. The van der Waals surface area contributed by atoms with E-state index in [4.69, 9.17) is 5.73 Å². The highest BCUT2D eigenvalue weighted by Gasteiger charge is 2.29. The molecule has 1 aliphatic rings. The first-order chi connectivity index (χ1) is 16.2. The number of aromatic nitrogens is 1. The van der Waals surface area contributed by atoms with E-state index in [1.807, 2.05) is 26.1 Å². The first-order valence-corrected chi connectivity index (χ1v) is 13.8. The molecule has 0 aliphatic carbocycles. The summed E-state index contributed by atoms with van der Waals surface area (Å²) in [6, 6.07) is 12.4. The number of primary amides is 1. The smallest absolute Gasteiger partial charge is 0.250 e. The monoisotopic (exact) mass is 483 g/mol. The number of hydrogen-bond acceptors (Lipinski definition) is 3. The molecule has 184 valence electrons. The molecule has 1 amide bonds. The van der Waals surface area contributed by atoms with Gasteiger partial charge < -0.3 is 10.7 Å². The number of fused-ring (bicyclic) bond motifs is 1. The zero-order valence-corrected chi connectivity index (χ0v) is 21.7. The van der Waals surface area contributed by atoms with Crippen molar-refractivity contribution in [2.45, 2.75) is 59.3 Å². The third-order valence-corrected chi connectivity index (χ3v) is 8.53. The number of amides is 1. The molecule has 2 heterocycles. The lowest BCUT2D eigenvalue weighted by Gasteiger charge is -2.31. The lowest BCUT2D eigenvalue weighted by Crippen LogP contribution is -2.38. The molecule has 1 fully saturated rings. The van der Waals surface area contributed by atoms with Crippen LogP contribution in [0.4, 0.5) is 0 Å². The van der Waals surface area contributed by atoms with Gasteiger partial charge in [0.1, 0.15) is 0 Å². The molecule has 0 radical (unpaired) electrons. The van der Waals surface area contributed by atoms with E-state index in [0.717, 1.165) is 40.4 Å². The van der Waals surface area contributed by atoms with E-state index in [2.05, 4.69) is 49.2 Å². The highest BCUT2D eigenvalue weighted by Crippen LogP contribution is 2.37. The van der Waals surface area contributed by atoms with Crippen LogP contribution in [0.3, 0.4) is 0 Å². The van der Waals surface area contributed by atoms with Crippen molar-refractivity contribution in [3.63, 3.8) is 0 Å². The molecule has 6 nitrogen and oxygen atoms in total. The Morgan fingerprint density at radius 2 is 1.71 bits per heavy atom. The van der Waals surface area contributed by atoms with E-state index >= 15 is 0 Å². The molecule has 4 rings (SSSR count). The SMILES string of the molecule is CC.CCS(=O)(=O)N1CCC(c2c[nH]c3c(C(N)=O)cc(-c4ccc(C(C)C)cc4)cc23)CC1. The number of hydrogen-bond donors (Lipinski definition) is 2. The van der Waals surface area contributed by atoms with Crippen LogP contribution in [0.5, 0.6) is 0 Å². The molecule has 0 saturated carbocycles. The van der Waals surface area contributed by atoms with Crippen LogP contribution in [0, 0.1) is 0 Å². The summed E-state index contributed by atoms with van der Waals surface area (Å²) in [6.45, 7) is 11.0. The van der Waals surface area contributed by atoms with E-state index in [1.165, 1.54) is 5.56 Å². The summed E-state index contributed by atoms with van der Waals surface area (Å²) in [5.41, 5.74) is 11.3. The molecular weight excluding hydrogens is 446 g/mol. The van der Waals surface area contributed by atoms with Crippen LogP contribution in [0.15, 0.2) is 42.6 Å². The minimum absolute atomic E-state index is 0.131. The number of nitrogens with zero attached hydrogens (tertiary/aromatic N) is 1. The molecule has 7 heteroatoms. The third-order valence-electron chi connectivity index (χ3n) is 6.65. The van der Waals surface area contributed by atoms with Gasteiger partial charge in [0.05, 0.1) is 16.8 Å². The van der Waals surface area contributed by atoms with Crippen LogP contribution in [0.25, 0.3) is 22.0 Å². The predicted molar refractivity (Wildman–Crippen MR) is 141 cm³/mol. The fraction of sp³-hybridized carbons (Fsp3) is 0.444. The Labute approximate surface area is 203 Å². The molecule has 1 aromatic heterocycles. The molecule has 34 heavy (non-hydrogen) atoms. The summed E-state index contributed by atoms with van der Waals surface area (Å²) >= 11 is 0. The second kappa shape index (κ2) is 10.7. The normalized spacial score (nSPS) is 15.4. The molecule has 1 saturated heterocycles. The number of piperidine rings is 1. The molecule has 0 unspecified atom stereocenters. The van der Waals surface area contributed by atoms with Crippen LogP contribution < -0.4 is 5.73 Å². The maximum atomic E-state index is 12.2. The second-order valence-electron chi connectivity index (χ2n) is 8.91. The lowest BCUT2D eigenvalue weighted by atomic mass is 9.88. The molecule has 3 N–H and O–H groups in total. The standard InChI is InChI=1S/C25H31N3O3S.C2H6/c1-4-32(30,31)28-11-9-19(10-12-28)23-15-27-24-21(23)13-20(14-22(24)25(26)29)18-7-5-17(6-8-18)16(2)3;1-2/h5-8,13-16,19,27H,4,9-12H2,1-3H3,(H2,26,29);1-2H3. The van der Waals surface area contributed by atoms with Crippen molar-refractivity contribution in [3.8, 4) is 11.1 Å². The van der Waals surface area contributed by atoms with E-state index in [0.29, 0.717) is 24.6 Å². The van der Waals surface area contributed by atoms with Crippen molar-refractivity contribution in [1.82, 2.24) is 9.29 Å². The number of nitrogens with one attached hydrogen (secondary N) is 1. The van der Waals surface area contributed by atoms with Gasteiger partial charge in [0.25, 0.3) is 5.91 Å². The van der Waals surface area contributed by atoms with Gasteiger partial charge in [-0.05, 0) is 66.0 Å². The first kappa shape index (κ1) is 26.0. The van der Waals surface area contributed by atoms with Gasteiger partial charge in [-0.1, -0.05) is 52.0 Å². The van der Waals surface area contributed by atoms with Gasteiger partial charge >= 0.3 is 0 Å². The molecule has 0 bridgehead atoms. The van der Waals surface area contributed by atoms with Gasteiger partial charge in [0.2, 0.25) is 10.0 Å². The number of aromatic amines is 1. The Hall–Kier alpha value is -2.64. The van der Waals surface area contributed by atoms with E-state index in [9.17, 15) is 13.2 Å². The first-order valence-electron chi connectivity index (χ1n) is 12.2. The predicted octanol–water partition coefficient (Wildman–Crippen LogP) is 5.61. The number of H-pyrrole nitrogens is 1. The Bertz CT molecular complexity index is 1240. The molecule has 3 aromatic rings. The second-order valence-corrected chi connectivity index (χ2v) is 11.2. The largest absolute Gasteiger partial charge is 0.366 e. The Kier molecular flexibility index (Phi) is 8.21. The maximum Gasteiger partial charge on any atom is 0.250 e. The average Bonchev–Trinajstić information content (AvgIpc) is 3.28. The Morgan fingerprint density at radius 1 is 1.09 bits per heavy atom. The summed E-state index contributed by atoms with van der Waals surface area (Å²) in [5.74, 6) is 0.344. The number of benzene rings is 2. The minimum Gasteiger partial charge on any atom is -0.366 e.